The van der Waals surface area contributed by atoms with Gasteiger partial charge in [-0.15, -0.1) is 11.3 Å². The number of rotatable bonds is 4. The number of hydrogen-bond donors (Lipinski definition) is 0. The number of aryl methyl sites for hydroxylation is 1. The number of amides is 1. The van der Waals surface area contributed by atoms with Crippen LogP contribution in [-0.2, 0) is 11.3 Å². The number of methoxy groups -OCH3 is 1. The molecule has 0 aliphatic rings. The number of furan rings is 1. The second-order valence-electron chi connectivity index (χ2n) is 5.48. The van der Waals surface area contributed by atoms with Crippen LogP contribution in [0.4, 0.5) is 0 Å². The van der Waals surface area contributed by atoms with E-state index in [9.17, 15) is 9.59 Å². The molecule has 2 aromatic heterocycles. The number of benzene rings is 1. The zero-order chi connectivity index (χ0) is 17.3. The van der Waals surface area contributed by atoms with Gasteiger partial charge in [-0.2, -0.15) is 0 Å². The van der Waals surface area contributed by atoms with Crippen molar-refractivity contribution in [3.63, 3.8) is 0 Å². The van der Waals surface area contributed by atoms with Gasteiger partial charge in [-0.3, -0.25) is 4.79 Å². The molecule has 0 fully saturated rings. The van der Waals surface area contributed by atoms with Crippen molar-refractivity contribution in [3.8, 4) is 0 Å². The smallest absolute Gasteiger partial charge is 0.341 e. The summed E-state index contributed by atoms with van der Waals surface area (Å²) in [5, 5.41) is 1.06. The second kappa shape index (κ2) is 6.49. The van der Waals surface area contributed by atoms with E-state index >= 15 is 0 Å². The molecule has 0 aliphatic heterocycles. The molecule has 0 spiro atoms. The Kier molecular flexibility index (Phi) is 4.40. The lowest BCUT2D eigenvalue weighted by Crippen LogP contribution is -2.25. The van der Waals surface area contributed by atoms with E-state index in [1.54, 1.807) is 24.9 Å². The number of carbonyl (C=O) groups excluding carboxylic acids is 2. The number of carbonyl (C=O) groups is 2. The summed E-state index contributed by atoms with van der Waals surface area (Å²) >= 11 is 1.47. The zero-order valence-corrected chi connectivity index (χ0v) is 14.5. The highest BCUT2D eigenvalue weighted by molar-refractivity contribution is 7.20. The maximum atomic E-state index is 12.6. The standard InChI is InChI=1S/C18H17NO4S/c1-11-14(18(21)22-3)9-13(23-11)10-19(2)17(20)16-8-12-6-4-5-7-15(12)24-16/h4-9H,10H2,1-3H3. The first-order valence-electron chi connectivity index (χ1n) is 7.41. The van der Waals surface area contributed by atoms with E-state index in [4.69, 9.17) is 9.15 Å². The molecule has 0 radical (unpaired) electrons. The van der Waals surface area contributed by atoms with Crippen LogP contribution in [0.5, 0.6) is 0 Å². The first kappa shape index (κ1) is 16.3. The van der Waals surface area contributed by atoms with Crippen LogP contribution in [0.1, 0.15) is 31.6 Å². The second-order valence-corrected chi connectivity index (χ2v) is 6.57. The van der Waals surface area contributed by atoms with Gasteiger partial charge in [0.2, 0.25) is 0 Å². The number of esters is 1. The fraction of sp³-hybridized carbons (Fsp3) is 0.222. The molecule has 1 aromatic carbocycles. The fourth-order valence-electron chi connectivity index (χ4n) is 2.52. The summed E-state index contributed by atoms with van der Waals surface area (Å²) in [4.78, 5) is 26.5. The molecule has 0 saturated carbocycles. The Morgan fingerprint density at radius 3 is 2.71 bits per heavy atom. The molecule has 0 aliphatic carbocycles. The van der Waals surface area contributed by atoms with Crippen molar-refractivity contribution in [1.29, 1.82) is 0 Å². The molecule has 0 saturated heterocycles. The van der Waals surface area contributed by atoms with Gasteiger partial charge in [-0.25, -0.2) is 4.79 Å². The molecule has 0 N–H and O–H groups in total. The van der Waals surface area contributed by atoms with Gasteiger partial charge in [0, 0.05) is 11.7 Å². The molecule has 5 nitrogen and oxygen atoms in total. The average Bonchev–Trinajstić information content (AvgIpc) is 3.16. The minimum atomic E-state index is -0.444. The number of fused-ring (bicyclic) bond motifs is 1. The Labute approximate surface area is 143 Å². The van der Waals surface area contributed by atoms with Crippen LogP contribution in [0.25, 0.3) is 10.1 Å². The van der Waals surface area contributed by atoms with Gasteiger partial charge in [0.25, 0.3) is 5.91 Å². The molecule has 2 heterocycles. The van der Waals surface area contributed by atoms with Crippen LogP contribution < -0.4 is 0 Å². The summed E-state index contributed by atoms with van der Waals surface area (Å²) in [5.74, 6) is 0.510. The Hall–Kier alpha value is -2.60. The molecule has 124 valence electrons. The number of thiophene rings is 1. The van der Waals surface area contributed by atoms with E-state index in [2.05, 4.69) is 0 Å². The van der Waals surface area contributed by atoms with Crippen LogP contribution in [0.3, 0.4) is 0 Å². The van der Waals surface area contributed by atoms with Crippen molar-refractivity contribution in [2.45, 2.75) is 13.5 Å². The summed E-state index contributed by atoms with van der Waals surface area (Å²) in [5.41, 5.74) is 0.384. The topological polar surface area (TPSA) is 59.8 Å². The van der Waals surface area contributed by atoms with Gasteiger partial charge in [0.15, 0.2) is 0 Å². The molecule has 0 unspecified atom stereocenters. The van der Waals surface area contributed by atoms with E-state index in [-0.39, 0.29) is 12.5 Å². The highest BCUT2D eigenvalue weighted by atomic mass is 32.1. The Balaban J connectivity index is 1.78. The van der Waals surface area contributed by atoms with E-state index in [0.717, 1.165) is 10.1 Å². The first-order valence-corrected chi connectivity index (χ1v) is 8.23. The van der Waals surface area contributed by atoms with Crippen molar-refractivity contribution in [3.05, 3.63) is 58.4 Å². The van der Waals surface area contributed by atoms with Gasteiger partial charge in [0.1, 0.15) is 17.1 Å². The Morgan fingerprint density at radius 2 is 2.00 bits per heavy atom. The van der Waals surface area contributed by atoms with Crippen molar-refractivity contribution in [2.75, 3.05) is 14.2 Å². The van der Waals surface area contributed by atoms with Crippen molar-refractivity contribution in [2.24, 2.45) is 0 Å². The fourth-order valence-corrected chi connectivity index (χ4v) is 3.57. The number of nitrogens with zero attached hydrogens (tertiary/aromatic N) is 1. The van der Waals surface area contributed by atoms with Crippen molar-refractivity contribution < 1.29 is 18.7 Å². The highest BCUT2D eigenvalue weighted by Gasteiger charge is 2.19. The predicted molar refractivity (Wildman–Crippen MR) is 92.4 cm³/mol. The van der Waals surface area contributed by atoms with Crippen LogP contribution in [0, 0.1) is 6.92 Å². The van der Waals surface area contributed by atoms with E-state index in [0.29, 0.717) is 22.0 Å². The van der Waals surface area contributed by atoms with E-state index < -0.39 is 5.97 Å². The maximum Gasteiger partial charge on any atom is 0.341 e. The summed E-state index contributed by atoms with van der Waals surface area (Å²) in [6, 6.07) is 11.4. The lowest BCUT2D eigenvalue weighted by molar-refractivity contribution is 0.0598. The monoisotopic (exact) mass is 343 g/mol. The lowest BCUT2D eigenvalue weighted by Gasteiger charge is -2.14. The SMILES string of the molecule is COC(=O)c1cc(CN(C)C(=O)c2cc3ccccc3s2)oc1C. The molecule has 3 rings (SSSR count). The average molecular weight is 343 g/mol. The largest absolute Gasteiger partial charge is 0.465 e. The third kappa shape index (κ3) is 3.05. The molecule has 0 bridgehead atoms. The normalized spacial score (nSPS) is 10.8. The van der Waals surface area contributed by atoms with Crippen LogP contribution in [0.15, 0.2) is 40.8 Å². The lowest BCUT2D eigenvalue weighted by atomic mass is 10.2. The molecule has 0 atom stereocenters. The third-order valence-corrected chi connectivity index (χ3v) is 4.85. The Morgan fingerprint density at radius 1 is 1.25 bits per heavy atom. The summed E-state index contributed by atoms with van der Waals surface area (Å²) in [6.07, 6.45) is 0. The molecule has 3 aromatic rings. The van der Waals surface area contributed by atoms with E-state index in [1.165, 1.54) is 18.4 Å². The minimum absolute atomic E-state index is 0.0788. The number of hydrogen-bond acceptors (Lipinski definition) is 5. The van der Waals surface area contributed by atoms with Crippen LogP contribution in [-0.4, -0.2) is 30.9 Å². The van der Waals surface area contributed by atoms with E-state index in [1.807, 2.05) is 30.3 Å². The van der Waals surface area contributed by atoms with Crippen molar-refractivity contribution in [1.82, 2.24) is 4.90 Å². The molecular formula is C18H17NO4S. The first-order chi connectivity index (χ1) is 11.5. The molecule has 1 amide bonds. The van der Waals surface area contributed by atoms with Gasteiger partial charge < -0.3 is 14.1 Å². The molecule has 6 heteroatoms. The van der Waals surface area contributed by atoms with Crippen LogP contribution >= 0.6 is 11.3 Å². The van der Waals surface area contributed by atoms with Crippen LogP contribution in [0.2, 0.25) is 0 Å². The Bertz CT molecular complexity index is 876. The van der Waals surface area contributed by atoms with Gasteiger partial charge in [-0.1, -0.05) is 18.2 Å². The van der Waals surface area contributed by atoms with Gasteiger partial charge >= 0.3 is 5.97 Å². The number of ether oxygens (including phenoxy) is 1. The quantitative estimate of drug-likeness (QED) is 0.675. The maximum absolute atomic E-state index is 12.6. The zero-order valence-electron chi connectivity index (χ0n) is 13.7. The predicted octanol–water partition coefficient (Wildman–Crippen LogP) is 3.86. The summed E-state index contributed by atoms with van der Waals surface area (Å²) in [7, 11) is 3.04. The summed E-state index contributed by atoms with van der Waals surface area (Å²) < 4.78 is 11.3. The molecule has 24 heavy (non-hydrogen) atoms. The highest BCUT2D eigenvalue weighted by Crippen LogP contribution is 2.26. The van der Waals surface area contributed by atoms with Gasteiger partial charge in [-0.05, 0) is 30.5 Å². The third-order valence-electron chi connectivity index (χ3n) is 3.75. The minimum Gasteiger partial charge on any atom is -0.465 e. The summed E-state index contributed by atoms with van der Waals surface area (Å²) in [6.45, 7) is 1.98. The molecular weight excluding hydrogens is 326 g/mol. The van der Waals surface area contributed by atoms with Crippen molar-refractivity contribution >= 4 is 33.3 Å². The van der Waals surface area contributed by atoms with Gasteiger partial charge in [0.05, 0.1) is 18.5 Å².